The molecule has 0 aliphatic heterocycles. The zero-order valence-electron chi connectivity index (χ0n) is 9.90. The van der Waals surface area contributed by atoms with Crippen molar-refractivity contribution in [2.75, 3.05) is 27.2 Å². The Balaban J connectivity index is 2.22. The smallest absolute Gasteiger partial charge is 0.0570 e. The predicted octanol–water partition coefficient (Wildman–Crippen LogP) is 1.68. The Labute approximate surface area is 92.5 Å². The van der Waals surface area contributed by atoms with E-state index >= 15 is 0 Å². The van der Waals surface area contributed by atoms with Crippen molar-refractivity contribution in [3.8, 4) is 0 Å². The second kappa shape index (κ2) is 6.53. The van der Waals surface area contributed by atoms with Gasteiger partial charge in [0.15, 0.2) is 0 Å². The van der Waals surface area contributed by atoms with Gasteiger partial charge >= 0.3 is 0 Å². The molecule has 1 aromatic rings. The fourth-order valence-electron chi connectivity index (χ4n) is 1.45. The van der Waals surface area contributed by atoms with Crippen LogP contribution >= 0.6 is 0 Å². The number of hydrogen-bond acceptors (Lipinski definition) is 3. The molecule has 3 nitrogen and oxygen atoms in total. The van der Waals surface area contributed by atoms with Gasteiger partial charge in [-0.15, -0.1) is 0 Å². The molecule has 1 atom stereocenters. The minimum Gasteiger partial charge on any atom is -0.309 e. The van der Waals surface area contributed by atoms with E-state index in [4.69, 9.17) is 0 Å². The van der Waals surface area contributed by atoms with Gasteiger partial charge in [0.25, 0.3) is 0 Å². The van der Waals surface area contributed by atoms with Gasteiger partial charge in [-0.1, -0.05) is 6.07 Å². The first-order chi connectivity index (χ1) is 7.20. The van der Waals surface area contributed by atoms with Gasteiger partial charge in [0.1, 0.15) is 0 Å². The van der Waals surface area contributed by atoms with Crippen LogP contribution in [0.2, 0.25) is 0 Å². The summed E-state index contributed by atoms with van der Waals surface area (Å²) in [7, 11) is 4.20. The lowest BCUT2D eigenvalue weighted by molar-refractivity contribution is 0.388. The summed E-state index contributed by atoms with van der Waals surface area (Å²) in [6.07, 6.45) is 3.01. The minimum atomic E-state index is 0.341. The van der Waals surface area contributed by atoms with Crippen molar-refractivity contribution in [3.63, 3.8) is 0 Å². The molecule has 0 bridgehead atoms. The zero-order chi connectivity index (χ0) is 11.1. The van der Waals surface area contributed by atoms with Crippen LogP contribution in [0.1, 0.15) is 25.1 Å². The summed E-state index contributed by atoms with van der Waals surface area (Å²) in [4.78, 5) is 6.52. The Morgan fingerprint density at radius 1 is 1.40 bits per heavy atom. The maximum Gasteiger partial charge on any atom is 0.0570 e. The van der Waals surface area contributed by atoms with Gasteiger partial charge in [-0.3, -0.25) is 4.98 Å². The molecule has 0 saturated carbocycles. The average Bonchev–Trinajstić information content (AvgIpc) is 2.25. The summed E-state index contributed by atoms with van der Waals surface area (Å²) < 4.78 is 0. The van der Waals surface area contributed by atoms with Crippen LogP contribution in [-0.2, 0) is 0 Å². The third kappa shape index (κ3) is 4.91. The van der Waals surface area contributed by atoms with Crippen LogP contribution in [0.5, 0.6) is 0 Å². The van der Waals surface area contributed by atoms with Crippen molar-refractivity contribution in [1.29, 1.82) is 0 Å². The molecule has 0 aliphatic rings. The maximum atomic E-state index is 4.32. The second-order valence-corrected chi connectivity index (χ2v) is 4.09. The third-order valence-corrected chi connectivity index (χ3v) is 2.36. The maximum absolute atomic E-state index is 4.32. The Hall–Kier alpha value is -0.930. The van der Waals surface area contributed by atoms with Gasteiger partial charge < -0.3 is 10.2 Å². The number of nitrogens with zero attached hydrogens (tertiary/aromatic N) is 2. The van der Waals surface area contributed by atoms with Gasteiger partial charge in [-0.05, 0) is 52.7 Å². The van der Waals surface area contributed by atoms with Crippen LogP contribution in [0.15, 0.2) is 24.4 Å². The van der Waals surface area contributed by atoms with Gasteiger partial charge in [-0.25, -0.2) is 0 Å². The summed E-state index contributed by atoms with van der Waals surface area (Å²) in [6, 6.07) is 6.38. The Morgan fingerprint density at radius 2 is 2.20 bits per heavy atom. The molecule has 84 valence electrons. The Kier molecular flexibility index (Phi) is 5.29. The highest BCUT2D eigenvalue weighted by atomic mass is 15.1. The molecular formula is C12H21N3. The first-order valence-electron chi connectivity index (χ1n) is 5.49. The number of rotatable bonds is 6. The SMILES string of the molecule is CC(NCCCN(C)C)c1ccccn1. The standard InChI is InChI=1S/C12H21N3/c1-11(12-7-4-5-8-14-12)13-9-6-10-15(2)3/h4-5,7-8,11,13H,6,9-10H2,1-3H3. The molecule has 1 rings (SSSR count). The predicted molar refractivity (Wildman–Crippen MR) is 63.8 cm³/mol. The van der Waals surface area contributed by atoms with Crippen molar-refractivity contribution >= 4 is 0 Å². The van der Waals surface area contributed by atoms with Gasteiger partial charge in [0.2, 0.25) is 0 Å². The Bertz CT molecular complexity index is 259. The third-order valence-electron chi connectivity index (χ3n) is 2.36. The van der Waals surface area contributed by atoms with E-state index in [1.807, 2.05) is 18.3 Å². The lowest BCUT2D eigenvalue weighted by Gasteiger charge is -2.14. The molecule has 1 aromatic heterocycles. The molecule has 0 amide bonds. The van der Waals surface area contributed by atoms with Gasteiger partial charge in [0, 0.05) is 12.2 Å². The fourth-order valence-corrected chi connectivity index (χ4v) is 1.45. The topological polar surface area (TPSA) is 28.2 Å². The van der Waals surface area contributed by atoms with E-state index in [1.165, 1.54) is 6.42 Å². The van der Waals surface area contributed by atoms with E-state index in [0.29, 0.717) is 6.04 Å². The van der Waals surface area contributed by atoms with Crippen LogP contribution in [0.3, 0.4) is 0 Å². The summed E-state index contributed by atoms with van der Waals surface area (Å²) in [6.45, 7) is 4.32. The molecule has 0 saturated heterocycles. The number of nitrogens with one attached hydrogen (secondary N) is 1. The molecular weight excluding hydrogens is 186 g/mol. The lowest BCUT2D eigenvalue weighted by Crippen LogP contribution is -2.24. The van der Waals surface area contributed by atoms with Crippen molar-refractivity contribution < 1.29 is 0 Å². The van der Waals surface area contributed by atoms with Crippen molar-refractivity contribution in [2.45, 2.75) is 19.4 Å². The first-order valence-corrected chi connectivity index (χ1v) is 5.49. The summed E-state index contributed by atoms with van der Waals surface area (Å²) in [5.41, 5.74) is 1.11. The molecule has 1 heterocycles. The van der Waals surface area contributed by atoms with E-state index in [9.17, 15) is 0 Å². The van der Waals surface area contributed by atoms with Crippen molar-refractivity contribution in [1.82, 2.24) is 15.2 Å². The number of pyridine rings is 1. The average molecular weight is 207 g/mol. The van der Waals surface area contributed by atoms with E-state index in [-0.39, 0.29) is 0 Å². The highest BCUT2D eigenvalue weighted by Gasteiger charge is 2.03. The highest BCUT2D eigenvalue weighted by molar-refractivity contribution is 5.07. The molecule has 0 spiro atoms. The highest BCUT2D eigenvalue weighted by Crippen LogP contribution is 2.07. The molecule has 0 radical (unpaired) electrons. The second-order valence-electron chi connectivity index (χ2n) is 4.09. The van der Waals surface area contributed by atoms with Crippen molar-refractivity contribution in [2.24, 2.45) is 0 Å². The van der Waals surface area contributed by atoms with E-state index in [2.05, 4.69) is 42.3 Å². The van der Waals surface area contributed by atoms with Crippen LogP contribution in [-0.4, -0.2) is 37.1 Å². The lowest BCUT2D eigenvalue weighted by atomic mass is 10.2. The van der Waals surface area contributed by atoms with Crippen LogP contribution < -0.4 is 5.32 Å². The van der Waals surface area contributed by atoms with E-state index in [1.54, 1.807) is 0 Å². The molecule has 1 N–H and O–H groups in total. The Morgan fingerprint density at radius 3 is 2.80 bits per heavy atom. The molecule has 1 unspecified atom stereocenters. The molecule has 0 aromatic carbocycles. The first kappa shape index (κ1) is 12.1. The number of hydrogen-bond donors (Lipinski definition) is 1. The molecule has 0 aliphatic carbocycles. The van der Waals surface area contributed by atoms with E-state index < -0.39 is 0 Å². The summed E-state index contributed by atoms with van der Waals surface area (Å²) in [5, 5.41) is 3.47. The minimum absolute atomic E-state index is 0.341. The fraction of sp³-hybridized carbons (Fsp3) is 0.583. The molecule has 15 heavy (non-hydrogen) atoms. The largest absolute Gasteiger partial charge is 0.309 e. The van der Waals surface area contributed by atoms with Crippen LogP contribution in [0, 0.1) is 0 Å². The van der Waals surface area contributed by atoms with E-state index in [0.717, 1.165) is 18.8 Å². The molecule has 0 fully saturated rings. The van der Waals surface area contributed by atoms with Crippen LogP contribution in [0.4, 0.5) is 0 Å². The monoisotopic (exact) mass is 207 g/mol. The summed E-state index contributed by atoms with van der Waals surface area (Å²) >= 11 is 0. The number of aromatic nitrogens is 1. The molecule has 3 heteroatoms. The summed E-state index contributed by atoms with van der Waals surface area (Å²) in [5.74, 6) is 0. The normalized spacial score (nSPS) is 13.1. The van der Waals surface area contributed by atoms with Crippen LogP contribution in [0.25, 0.3) is 0 Å². The zero-order valence-corrected chi connectivity index (χ0v) is 9.90. The quantitative estimate of drug-likeness (QED) is 0.719. The van der Waals surface area contributed by atoms with Gasteiger partial charge in [-0.2, -0.15) is 0 Å². The van der Waals surface area contributed by atoms with Crippen molar-refractivity contribution in [3.05, 3.63) is 30.1 Å². The van der Waals surface area contributed by atoms with Gasteiger partial charge in [0.05, 0.1) is 5.69 Å².